The number of aryl methyl sites for hydroxylation is 2. The number of ketones is 1. The van der Waals surface area contributed by atoms with Crippen LogP contribution in [0.5, 0.6) is 5.75 Å². The maximum Gasteiger partial charge on any atom is 0.343 e. The van der Waals surface area contributed by atoms with Crippen LogP contribution in [0.15, 0.2) is 42.5 Å². The Morgan fingerprint density at radius 1 is 1.11 bits per heavy atom. The van der Waals surface area contributed by atoms with E-state index in [0.29, 0.717) is 11.3 Å². The molecule has 0 aliphatic rings. The minimum Gasteiger partial charge on any atom is -0.481 e. The first-order valence-electron chi connectivity index (χ1n) is 8.09. The minimum atomic E-state index is -0.514. The molecule has 0 N–H and O–H groups in total. The van der Waals surface area contributed by atoms with Gasteiger partial charge in [0.1, 0.15) is 5.75 Å². The van der Waals surface area contributed by atoms with Gasteiger partial charge < -0.3 is 9.47 Å². The number of allylic oxidation sites excluding steroid dienone is 1. The standard InChI is InChI=1S/C20H19NO6/c1-13-10-15(11-14(2)20(13)27-12-19(23)26-3)4-9-18(22)16-5-7-17(8-6-16)21(24)25/h4-11H,12H2,1-3H3/b9-4+. The predicted octanol–water partition coefficient (Wildman–Crippen LogP) is 3.66. The summed E-state index contributed by atoms with van der Waals surface area (Å²) in [6.45, 7) is 3.51. The lowest BCUT2D eigenvalue weighted by molar-refractivity contribution is -0.384. The fourth-order valence-electron chi connectivity index (χ4n) is 2.51. The Hall–Kier alpha value is -3.48. The van der Waals surface area contributed by atoms with Gasteiger partial charge in [-0.05, 0) is 60.9 Å². The number of nitro benzene ring substituents is 1. The summed E-state index contributed by atoms with van der Waals surface area (Å²) in [6, 6.07) is 9.10. The molecule has 0 heterocycles. The number of nitro groups is 1. The summed E-state index contributed by atoms with van der Waals surface area (Å²) in [7, 11) is 1.29. The number of methoxy groups -OCH3 is 1. The molecule has 2 aromatic carbocycles. The Kier molecular flexibility index (Phi) is 6.43. The van der Waals surface area contributed by atoms with Gasteiger partial charge >= 0.3 is 5.97 Å². The molecule has 0 atom stereocenters. The van der Waals surface area contributed by atoms with Crippen LogP contribution in [0.25, 0.3) is 6.08 Å². The number of nitrogens with zero attached hydrogens (tertiary/aromatic N) is 1. The van der Waals surface area contributed by atoms with E-state index in [1.165, 1.54) is 37.5 Å². The van der Waals surface area contributed by atoms with E-state index in [1.807, 2.05) is 26.0 Å². The first kappa shape index (κ1) is 19.8. The van der Waals surface area contributed by atoms with Crippen LogP contribution in [0.1, 0.15) is 27.0 Å². The van der Waals surface area contributed by atoms with Gasteiger partial charge in [0.05, 0.1) is 12.0 Å². The summed E-state index contributed by atoms with van der Waals surface area (Å²) in [6.07, 6.45) is 3.07. The first-order chi connectivity index (χ1) is 12.8. The molecule has 0 bridgehead atoms. The van der Waals surface area contributed by atoms with Crippen LogP contribution in [0.4, 0.5) is 5.69 Å². The second kappa shape index (κ2) is 8.75. The number of non-ortho nitro benzene ring substituents is 1. The lowest BCUT2D eigenvalue weighted by atomic mass is 10.0. The number of ether oxygens (including phenoxy) is 2. The van der Waals surface area contributed by atoms with E-state index in [0.717, 1.165) is 16.7 Å². The maximum absolute atomic E-state index is 12.2. The van der Waals surface area contributed by atoms with Crippen LogP contribution in [0.3, 0.4) is 0 Å². The topological polar surface area (TPSA) is 95.7 Å². The predicted molar refractivity (Wildman–Crippen MR) is 99.9 cm³/mol. The monoisotopic (exact) mass is 369 g/mol. The molecule has 2 rings (SSSR count). The number of benzene rings is 2. The summed E-state index contributed by atoms with van der Waals surface area (Å²) in [4.78, 5) is 33.6. The third kappa shape index (κ3) is 5.24. The molecular weight excluding hydrogens is 350 g/mol. The van der Waals surface area contributed by atoms with Gasteiger partial charge in [-0.3, -0.25) is 14.9 Å². The number of hydrogen-bond donors (Lipinski definition) is 0. The smallest absolute Gasteiger partial charge is 0.343 e. The van der Waals surface area contributed by atoms with Gasteiger partial charge in [0, 0.05) is 17.7 Å². The molecule has 2 aromatic rings. The minimum absolute atomic E-state index is 0.0654. The van der Waals surface area contributed by atoms with Gasteiger partial charge in [-0.2, -0.15) is 0 Å². The molecule has 0 saturated carbocycles. The van der Waals surface area contributed by atoms with E-state index in [4.69, 9.17) is 4.74 Å². The Balaban J connectivity index is 2.13. The zero-order chi connectivity index (χ0) is 20.0. The highest BCUT2D eigenvalue weighted by Crippen LogP contribution is 2.25. The molecule has 0 fully saturated rings. The molecular formula is C20H19NO6. The Labute approximate surface area is 156 Å². The lowest BCUT2D eigenvalue weighted by Gasteiger charge is -2.12. The van der Waals surface area contributed by atoms with Crippen molar-refractivity contribution in [1.29, 1.82) is 0 Å². The molecule has 0 radical (unpaired) electrons. The van der Waals surface area contributed by atoms with Crippen LogP contribution in [0.2, 0.25) is 0 Å². The van der Waals surface area contributed by atoms with Gasteiger partial charge in [0.25, 0.3) is 5.69 Å². The Morgan fingerprint density at radius 2 is 1.70 bits per heavy atom. The van der Waals surface area contributed by atoms with Crippen molar-refractivity contribution in [2.24, 2.45) is 0 Å². The van der Waals surface area contributed by atoms with Gasteiger partial charge in [0.15, 0.2) is 12.4 Å². The summed E-state index contributed by atoms with van der Waals surface area (Å²) < 4.78 is 10.0. The summed E-state index contributed by atoms with van der Waals surface area (Å²) in [5, 5.41) is 10.7. The fraction of sp³-hybridized carbons (Fsp3) is 0.200. The van der Waals surface area contributed by atoms with Gasteiger partial charge in [0.2, 0.25) is 0 Å². The molecule has 7 heteroatoms. The van der Waals surface area contributed by atoms with Crippen LogP contribution in [-0.4, -0.2) is 30.4 Å². The zero-order valence-electron chi connectivity index (χ0n) is 15.2. The van der Waals surface area contributed by atoms with Crippen molar-refractivity contribution in [2.75, 3.05) is 13.7 Å². The van der Waals surface area contributed by atoms with Crippen molar-refractivity contribution >= 4 is 23.5 Å². The highest BCUT2D eigenvalue weighted by Gasteiger charge is 2.10. The van der Waals surface area contributed by atoms with E-state index in [1.54, 1.807) is 6.08 Å². The average Bonchev–Trinajstić information content (AvgIpc) is 2.65. The number of esters is 1. The van der Waals surface area contributed by atoms with Crippen LogP contribution >= 0.6 is 0 Å². The zero-order valence-corrected chi connectivity index (χ0v) is 15.2. The molecule has 140 valence electrons. The molecule has 7 nitrogen and oxygen atoms in total. The van der Waals surface area contributed by atoms with Crippen molar-refractivity contribution in [1.82, 2.24) is 0 Å². The number of hydrogen-bond acceptors (Lipinski definition) is 6. The van der Waals surface area contributed by atoms with E-state index in [2.05, 4.69) is 4.74 Å². The first-order valence-corrected chi connectivity index (χ1v) is 8.09. The summed E-state index contributed by atoms with van der Waals surface area (Å²) in [5.74, 6) is -0.128. The quantitative estimate of drug-likeness (QED) is 0.243. The van der Waals surface area contributed by atoms with Crippen LogP contribution in [0, 0.1) is 24.0 Å². The molecule has 0 aliphatic carbocycles. The summed E-state index contributed by atoms with van der Waals surface area (Å²) >= 11 is 0. The van der Waals surface area contributed by atoms with Crippen molar-refractivity contribution in [3.05, 3.63) is 74.8 Å². The Morgan fingerprint density at radius 3 is 2.22 bits per heavy atom. The Bertz CT molecular complexity index is 876. The number of carbonyl (C=O) groups excluding carboxylic acids is 2. The van der Waals surface area contributed by atoms with Gasteiger partial charge in [-0.1, -0.05) is 6.08 Å². The van der Waals surface area contributed by atoms with Gasteiger partial charge in [-0.15, -0.1) is 0 Å². The highest BCUT2D eigenvalue weighted by atomic mass is 16.6. The van der Waals surface area contributed by atoms with E-state index in [9.17, 15) is 19.7 Å². The molecule has 0 saturated heterocycles. The van der Waals surface area contributed by atoms with Crippen molar-refractivity contribution in [3.8, 4) is 5.75 Å². The molecule has 0 spiro atoms. The highest BCUT2D eigenvalue weighted by molar-refractivity contribution is 6.06. The van der Waals surface area contributed by atoms with Crippen molar-refractivity contribution in [3.63, 3.8) is 0 Å². The van der Waals surface area contributed by atoms with Crippen molar-refractivity contribution in [2.45, 2.75) is 13.8 Å². The lowest BCUT2D eigenvalue weighted by Crippen LogP contribution is -2.13. The third-order valence-electron chi connectivity index (χ3n) is 3.83. The van der Waals surface area contributed by atoms with E-state index >= 15 is 0 Å². The molecule has 0 aliphatic heterocycles. The second-order valence-corrected chi connectivity index (χ2v) is 5.85. The molecule has 0 aromatic heterocycles. The largest absolute Gasteiger partial charge is 0.481 e. The molecule has 27 heavy (non-hydrogen) atoms. The van der Waals surface area contributed by atoms with Crippen LogP contribution in [-0.2, 0) is 9.53 Å². The van der Waals surface area contributed by atoms with Gasteiger partial charge in [-0.25, -0.2) is 4.79 Å². The SMILES string of the molecule is COC(=O)COc1c(C)cc(/C=C/C(=O)c2ccc([N+](=O)[O-])cc2)cc1C. The molecule has 0 unspecified atom stereocenters. The van der Waals surface area contributed by atoms with E-state index < -0.39 is 10.9 Å². The number of rotatable bonds is 7. The van der Waals surface area contributed by atoms with Crippen molar-refractivity contribution < 1.29 is 24.0 Å². The second-order valence-electron chi connectivity index (χ2n) is 5.85. The average molecular weight is 369 g/mol. The normalized spacial score (nSPS) is 10.6. The summed E-state index contributed by atoms with van der Waals surface area (Å²) in [5.41, 5.74) is 2.74. The van der Waals surface area contributed by atoms with Crippen LogP contribution < -0.4 is 4.74 Å². The van der Waals surface area contributed by atoms with E-state index in [-0.39, 0.29) is 18.1 Å². The fourth-order valence-corrected chi connectivity index (χ4v) is 2.51. The third-order valence-corrected chi connectivity index (χ3v) is 3.83. The molecule has 0 amide bonds. The number of carbonyl (C=O) groups is 2. The maximum atomic E-state index is 12.2.